The summed E-state index contributed by atoms with van der Waals surface area (Å²) in [6.07, 6.45) is 6.07. The Morgan fingerprint density at radius 2 is 1.84 bits per heavy atom. The van der Waals surface area contributed by atoms with Gasteiger partial charge < -0.3 is 28.4 Å². The van der Waals surface area contributed by atoms with Crippen LogP contribution in [0.25, 0.3) is 0 Å². The van der Waals surface area contributed by atoms with E-state index in [0.29, 0.717) is 17.9 Å². The van der Waals surface area contributed by atoms with Crippen molar-refractivity contribution in [2.24, 2.45) is 0 Å². The third kappa shape index (κ3) is 3.97. The molecule has 5 aliphatic rings. The van der Waals surface area contributed by atoms with Gasteiger partial charge in [-0.25, -0.2) is 4.79 Å². The number of esters is 2. The van der Waals surface area contributed by atoms with E-state index in [-0.39, 0.29) is 24.7 Å². The molecule has 6 rings (SSSR count). The van der Waals surface area contributed by atoms with E-state index in [4.69, 9.17) is 28.4 Å². The number of fused-ring (bicyclic) bond motifs is 3. The Morgan fingerprint density at radius 1 is 1.05 bits per heavy atom. The molecule has 206 valence electrons. The standard InChI is InChI=1S/C29H37NO8/c1-27(2)8-5-10-29(38-27,16-23(31)34-4)26(32)37-25-22(33-3)15-28-9-6-11-30(28)12-7-18-13-20-21(36-17-35-20)14-19(18)24(25)28/h13-15,24-25H,5-12,16-17H2,1-4H3/t24-,25-,28+,29-/m1/s1. The lowest BCUT2D eigenvalue weighted by Crippen LogP contribution is -2.54. The van der Waals surface area contributed by atoms with Crippen LogP contribution in [-0.2, 0) is 35.0 Å². The second kappa shape index (κ2) is 9.16. The Morgan fingerprint density at radius 3 is 2.58 bits per heavy atom. The molecule has 2 saturated heterocycles. The number of rotatable bonds is 5. The maximum Gasteiger partial charge on any atom is 0.339 e. The number of nitrogens with zero attached hydrogens (tertiary/aromatic N) is 1. The minimum absolute atomic E-state index is 0.192. The molecule has 0 amide bonds. The van der Waals surface area contributed by atoms with Crippen LogP contribution in [0.2, 0.25) is 0 Å². The smallest absolute Gasteiger partial charge is 0.339 e. The molecule has 4 aliphatic heterocycles. The van der Waals surface area contributed by atoms with Gasteiger partial charge in [0.2, 0.25) is 6.79 Å². The van der Waals surface area contributed by atoms with Crippen molar-refractivity contribution in [3.8, 4) is 11.5 Å². The Kier molecular flexibility index (Phi) is 6.14. The molecule has 2 fully saturated rings. The highest BCUT2D eigenvalue weighted by molar-refractivity contribution is 5.86. The van der Waals surface area contributed by atoms with Crippen LogP contribution in [0.1, 0.15) is 69.4 Å². The zero-order chi connectivity index (χ0) is 26.7. The largest absolute Gasteiger partial charge is 0.497 e. The summed E-state index contributed by atoms with van der Waals surface area (Å²) in [5.74, 6) is 0.852. The van der Waals surface area contributed by atoms with E-state index in [1.165, 1.54) is 12.7 Å². The third-order valence-electron chi connectivity index (χ3n) is 9.06. The van der Waals surface area contributed by atoms with Gasteiger partial charge in [0.05, 0.1) is 37.7 Å². The Balaban J connectivity index is 1.41. The molecule has 0 unspecified atom stereocenters. The molecule has 0 bridgehead atoms. The average Bonchev–Trinajstić information content (AvgIpc) is 3.57. The summed E-state index contributed by atoms with van der Waals surface area (Å²) in [7, 11) is 2.95. The summed E-state index contributed by atoms with van der Waals surface area (Å²) < 4.78 is 35.1. The lowest BCUT2D eigenvalue weighted by Gasteiger charge is -2.44. The number of ether oxygens (including phenoxy) is 6. The summed E-state index contributed by atoms with van der Waals surface area (Å²) in [6, 6.07) is 4.13. The van der Waals surface area contributed by atoms with Gasteiger partial charge in [-0.05, 0) is 88.3 Å². The van der Waals surface area contributed by atoms with Crippen molar-refractivity contribution in [2.75, 3.05) is 34.1 Å². The van der Waals surface area contributed by atoms with E-state index < -0.39 is 29.2 Å². The van der Waals surface area contributed by atoms with Gasteiger partial charge >= 0.3 is 11.9 Å². The zero-order valence-corrected chi connectivity index (χ0v) is 22.7. The van der Waals surface area contributed by atoms with Crippen molar-refractivity contribution >= 4 is 11.9 Å². The van der Waals surface area contributed by atoms with Gasteiger partial charge in [0.1, 0.15) is 5.76 Å². The van der Waals surface area contributed by atoms with Crippen LogP contribution >= 0.6 is 0 Å². The van der Waals surface area contributed by atoms with Gasteiger partial charge in [-0.15, -0.1) is 0 Å². The first kappa shape index (κ1) is 25.5. The van der Waals surface area contributed by atoms with Crippen molar-refractivity contribution in [2.45, 2.75) is 87.6 Å². The van der Waals surface area contributed by atoms with Crippen molar-refractivity contribution in [1.82, 2.24) is 4.90 Å². The quantitative estimate of drug-likeness (QED) is 0.532. The molecular formula is C29H37NO8. The number of carbonyl (C=O) groups excluding carboxylic acids is 2. The van der Waals surface area contributed by atoms with Crippen molar-refractivity contribution in [3.63, 3.8) is 0 Å². The van der Waals surface area contributed by atoms with Gasteiger partial charge in [0.15, 0.2) is 23.2 Å². The fraction of sp³-hybridized carbons (Fsp3) is 0.655. The number of hydrogen-bond acceptors (Lipinski definition) is 9. The fourth-order valence-electron chi connectivity index (χ4n) is 7.39. The van der Waals surface area contributed by atoms with E-state index in [2.05, 4.69) is 23.1 Å². The van der Waals surface area contributed by atoms with Crippen LogP contribution in [0, 0.1) is 0 Å². The third-order valence-corrected chi connectivity index (χ3v) is 9.06. The van der Waals surface area contributed by atoms with Crippen LogP contribution in [0.15, 0.2) is 24.0 Å². The number of methoxy groups -OCH3 is 2. The Labute approximate surface area is 223 Å². The molecule has 0 saturated carbocycles. The van der Waals surface area contributed by atoms with Crippen LogP contribution in [0.4, 0.5) is 0 Å². The average molecular weight is 528 g/mol. The van der Waals surface area contributed by atoms with Gasteiger partial charge in [0.25, 0.3) is 0 Å². The molecule has 38 heavy (non-hydrogen) atoms. The molecule has 1 aromatic rings. The summed E-state index contributed by atoms with van der Waals surface area (Å²) in [5, 5.41) is 0. The second-order valence-corrected chi connectivity index (χ2v) is 11.8. The SMILES string of the molecule is COC(=O)C[C@@]1(C(=O)O[C@@H]2C(OC)=C[C@]34CCCN3CCc3cc5c(cc3[C@H]24)OCO5)CCCC(C)(C)O1. The second-order valence-electron chi connectivity index (χ2n) is 11.8. The van der Waals surface area contributed by atoms with Crippen molar-refractivity contribution in [1.29, 1.82) is 0 Å². The minimum atomic E-state index is -1.42. The summed E-state index contributed by atoms with van der Waals surface area (Å²) in [4.78, 5) is 29.1. The number of carbonyl (C=O) groups is 2. The number of benzene rings is 1. The molecule has 0 radical (unpaired) electrons. The first-order valence-corrected chi connectivity index (χ1v) is 13.6. The maximum atomic E-state index is 14.1. The molecule has 1 spiro atoms. The predicted molar refractivity (Wildman–Crippen MR) is 136 cm³/mol. The van der Waals surface area contributed by atoms with Gasteiger partial charge in [-0.2, -0.15) is 0 Å². The monoisotopic (exact) mass is 527 g/mol. The molecule has 1 aliphatic carbocycles. The van der Waals surface area contributed by atoms with E-state index in [1.807, 2.05) is 13.8 Å². The summed E-state index contributed by atoms with van der Waals surface area (Å²) in [6.45, 7) is 5.94. The highest BCUT2D eigenvalue weighted by Gasteiger charge is 2.60. The van der Waals surface area contributed by atoms with Crippen LogP contribution < -0.4 is 9.47 Å². The Hall–Kier alpha value is -2.78. The minimum Gasteiger partial charge on any atom is -0.497 e. The van der Waals surface area contributed by atoms with Crippen molar-refractivity contribution < 1.29 is 38.0 Å². The maximum absolute atomic E-state index is 14.1. The Bertz CT molecular complexity index is 1180. The highest BCUT2D eigenvalue weighted by atomic mass is 16.7. The topological polar surface area (TPSA) is 92.8 Å². The molecule has 4 heterocycles. The van der Waals surface area contributed by atoms with Gasteiger partial charge in [-0.1, -0.05) is 0 Å². The molecule has 1 aromatic carbocycles. The molecular weight excluding hydrogens is 490 g/mol. The summed E-state index contributed by atoms with van der Waals surface area (Å²) in [5.41, 5.74) is -0.0682. The zero-order valence-electron chi connectivity index (χ0n) is 22.7. The predicted octanol–water partition coefficient (Wildman–Crippen LogP) is 3.63. The van der Waals surface area contributed by atoms with Crippen LogP contribution in [0.3, 0.4) is 0 Å². The number of hydrogen-bond donors (Lipinski definition) is 0. The molecule has 9 nitrogen and oxygen atoms in total. The summed E-state index contributed by atoms with van der Waals surface area (Å²) >= 11 is 0. The highest BCUT2D eigenvalue weighted by Crippen LogP contribution is 2.56. The first-order valence-electron chi connectivity index (χ1n) is 13.6. The van der Waals surface area contributed by atoms with Crippen LogP contribution in [0.5, 0.6) is 11.5 Å². The lowest BCUT2D eigenvalue weighted by molar-refractivity contribution is -0.216. The van der Waals surface area contributed by atoms with E-state index in [9.17, 15) is 9.59 Å². The first-order chi connectivity index (χ1) is 18.2. The van der Waals surface area contributed by atoms with E-state index in [1.54, 1.807) is 7.11 Å². The normalized spacial score (nSPS) is 32.9. The molecule has 9 heteroatoms. The van der Waals surface area contributed by atoms with Gasteiger partial charge in [0, 0.05) is 6.54 Å². The molecule has 0 aromatic heterocycles. The van der Waals surface area contributed by atoms with E-state index in [0.717, 1.165) is 56.5 Å². The molecule has 4 atom stereocenters. The van der Waals surface area contributed by atoms with Gasteiger partial charge in [-0.3, -0.25) is 9.69 Å². The lowest BCUT2D eigenvalue weighted by atomic mass is 9.77. The van der Waals surface area contributed by atoms with Crippen molar-refractivity contribution in [3.05, 3.63) is 35.1 Å². The van der Waals surface area contributed by atoms with Crippen LogP contribution in [-0.4, -0.2) is 73.8 Å². The van der Waals surface area contributed by atoms with E-state index >= 15 is 0 Å². The fourth-order valence-corrected chi connectivity index (χ4v) is 7.39. The molecule has 0 N–H and O–H groups in total.